The molecule has 0 spiro atoms. The minimum Gasteiger partial charge on any atom is -0.486 e. The van der Waals surface area contributed by atoms with Gasteiger partial charge in [0.1, 0.15) is 11.9 Å². The molecule has 176 valence electrons. The van der Waals surface area contributed by atoms with Gasteiger partial charge in [0.15, 0.2) is 0 Å². The number of nitrogens with one attached hydrogen (secondary N) is 2. The van der Waals surface area contributed by atoms with E-state index in [1.54, 1.807) is 18.2 Å². The fourth-order valence-corrected chi connectivity index (χ4v) is 5.01. The third-order valence-corrected chi connectivity index (χ3v) is 7.01. The maximum absolute atomic E-state index is 12.7. The van der Waals surface area contributed by atoms with E-state index >= 15 is 0 Å². The van der Waals surface area contributed by atoms with Gasteiger partial charge in [-0.3, -0.25) is 9.59 Å². The summed E-state index contributed by atoms with van der Waals surface area (Å²) < 4.78 is 6.12. The number of likely N-dealkylation sites (tertiary alicyclic amines) is 1. The lowest BCUT2D eigenvalue weighted by Crippen LogP contribution is -2.33. The normalized spacial score (nSPS) is 20.8. The molecule has 2 aromatic rings. The van der Waals surface area contributed by atoms with Gasteiger partial charge in [-0.05, 0) is 62.3 Å². The molecule has 0 bridgehead atoms. The number of carbonyl (C=O) groups is 2. The molecule has 3 aliphatic heterocycles. The first-order valence-corrected chi connectivity index (χ1v) is 12.2. The van der Waals surface area contributed by atoms with Crippen molar-refractivity contribution in [3.8, 4) is 0 Å². The Morgan fingerprint density at radius 3 is 2.82 bits per heavy atom. The first-order valence-electron chi connectivity index (χ1n) is 11.5. The number of para-hydroxylation sites is 1. The Balaban J connectivity index is 1.26. The van der Waals surface area contributed by atoms with Gasteiger partial charge >= 0.3 is 0 Å². The number of halogens is 2. The molecule has 8 heteroatoms. The van der Waals surface area contributed by atoms with Crippen LogP contribution in [0, 0.1) is 0 Å². The van der Waals surface area contributed by atoms with Crippen molar-refractivity contribution in [2.24, 2.45) is 0 Å². The molecule has 0 aliphatic carbocycles. The van der Waals surface area contributed by atoms with Gasteiger partial charge in [0, 0.05) is 36.2 Å². The van der Waals surface area contributed by atoms with Gasteiger partial charge < -0.3 is 20.3 Å². The molecule has 1 unspecified atom stereocenters. The van der Waals surface area contributed by atoms with E-state index in [1.807, 2.05) is 30.4 Å². The van der Waals surface area contributed by atoms with Crippen LogP contribution in [0.3, 0.4) is 0 Å². The highest BCUT2D eigenvalue weighted by Gasteiger charge is 2.28. The summed E-state index contributed by atoms with van der Waals surface area (Å²) in [5.41, 5.74) is 3.14. The van der Waals surface area contributed by atoms with Crippen LogP contribution in [0.25, 0.3) is 11.3 Å². The van der Waals surface area contributed by atoms with Crippen molar-refractivity contribution in [3.63, 3.8) is 0 Å². The van der Waals surface area contributed by atoms with E-state index < -0.39 is 0 Å². The van der Waals surface area contributed by atoms with Gasteiger partial charge in [-0.25, -0.2) is 0 Å². The number of fused-ring (bicyclic) bond motifs is 1. The Hall–Kier alpha value is -2.80. The molecule has 2 amide bonds. The predicted molar refractivity (Wildman–Crippen MR) is 135 cm³/mol. The molecule has 5 rings (SSSR count). The van der Waals surface area contributed by atoms with Crippen LogP contribution in [0.4, 0.5) is 5.69 Å². The number of nitrogens with zero attached hydrogens (tertiary/aromatic N) is 1. The minimum atomic E-state index is -0.297. The van der Waals surface area contributed by atoms with E-state index in [-0.39, 0.29) is 17.9 Å². The number of rotatable bonds is 6. The third kappa shape index (κ3) is 4.71. The second-order valence-electron chi connectivity index (χ2n) is 8.66. The van der Waals surface area contributed by atoms with E-state index in [0.29, 0.717) is 45.6 Å². The van der Waals surface area contributed by atoms with Gasteiger partial charge in [0.05, 0.1) is 21.3 Å². The SMILES string of the molecule is O=C1Nc2c(Cl)cccc2/C1=C\C1CC=C(c2ccc(Cl)c(C(=O)NCCN3CCCC3)c2)O1. The maximum Gasteiger partial charge on any atom is 0.256 e. The molecule has 2 aromatic carbocycles. The lowest BCUT2D eigenvalue weighted by atomic mass is 10.0. The van der Waals surface area contributed by atoms with Gasteiger partial charge in [-0.2, -0.15) is 0 Å². The molecule has 1 saturated heterocycles. The highest BCUT2D eigenvalue weighted by molar-refractivity contribution is 6.39. The summed E-state index contributed by atoms with van der Waals surface area (Å²) in [5.74, 6) is 0.272. The van der Waals surface area contributed by atoms with E-state index in [1.165, 1.54) is 12.8 Å². The van der Waals surface area contributed by atoms with Crippen LogP contribution in [-0.4, -0.2) is 49.0 Å². The number of ether oxygens (including phenoxy) is 1. The Kier molecular flexibility index (Phi) is 6.63. The second kappa shape index (κ2) is 9.82. The minimum absolute atomic E-state index is 0.195. The molecule has 1 atom stereocenters. The van der Waals surface area contributed by atoms with Crippen LogP contribution in [0.1, 0.15) is 40.7 Å². The van der Waals surface area contributed by atoms with E-state index in [4.69, 9.17) is 27.9 Å². The summed E-state index contributed by atoms with van der Waals surface area (Å²) in [6, 6.07) is 10.7. The number of anilines is 1. The monoisotopic (exact) mass is 497 g/mol. The number of benzene rings is 2. The maximum atomic E-state index is 12.7. The summed E-state index contributed by atoms with van der Waals surface area (Å²) in [5, 5.41) is 6.70. The molecule has 0 radical (unpaired) electrons. The van der Waals surface area contributed by atoms with Crippen LogP contribution in [0.15, 0.2) is 48.6 Å². The van der Waals surface area contributed by atoms with Crippen molar-refractivity contribution >= 4 is 52.0 Å². The largest absolute Gasteiger partial charge is 0.486 e. The van der Waals surface area contributed by atoms with Crippen LogP contribution in [-0.2, 0) is 9.53 Å². The van der Waals surface area contributed by atoms with Crippen molar-refractivity contribution in [2.45, 2.75) is 25.4 Å². The fourth-order valence-electron chi connectivity index (χ4n) is 4.58. The average Bonchev–Trinajstić information content (AvgIpc) is 3.57. The molecular formula is C26H25Cl2N3O3. The van der Waals surface area contributed by atoms with E-state index in [9.17, 15) is 9.59 Å². The van der Waals surface area contributed by atoms with Gasteiger partial charge in [0.25, 0.3) is 11.8 Å². The fraction of sp³-hybridized carbons (Fsp3) is 0.308. The van der Waals surface area contributed by atoms with Gasteiger partial charge in [-0.15, -0.1) is 0 Å². The van der Waals surface area contributed by atoms with Gasteiger partial charge in [-0.1, -0.05) is 35.3 Å². The first-order chi connectivity index (χ1) is 16.5. The second-order valence-corrected chi connectivity index (χ2v) is 9.47. The zero-order valence-corrected chi connectivity index (χ0v) is 20.1. The first kappa shape index (κ1) is 23.0. The van der Waals surface area contributed by atoms with Crippen molar-refractivity contribution < 1.29 is 14.3 Å². The highest BCUT2D eigenvalue weighted by Crippen LogP contribution is 2.38. The van der Waals surface area contributed by atoms with Crippen molar-refractivity contribution in [1.82, 2.24) is 10.2 Å². The molecule has 0 saturated carbocycles. The number of hydrogen-bond donors (Lipinski definition) is 2. The molecule has 2 N–H and O–H groups in total. The van der Waals surface area contributed by atoms with Crippen LogP contribution in [0.2, 0.25) is 10.0 Å². The smallest absolute Gasteiger partial charge is 0.256 e. The van der Waals surface area contributed by atoms with Crippen LogP contribution in [0.5, 0.6) is 0 Å². The Labute approximate surface area is 208 Å². The number of hydrogen-bond acceptors (Lipinski definition) is 4. The van der Waals surface area contributed by atoms with Crippen LogP contribution >= 0.6 is 23.2 Å². The Morgan fingerprint density at radius 1 is 1.18 bits per heavy atom. The molecule has 3 heterocycles. The molecule has 6 nitrogen and oxygen atoms in total. The van der Waals surface area contributed by atoms with Gasteiger partial charge in [0.2, 0.25) is 0 Å². The third-order valence-electron chi connectivity index (χ3n) is 6.36. The average molecular weight is 498 g/mol. The zero-order chi connectivity index (χ0) is 23.7. The summed E-state index contributed by atoms with van der Waals surface area (Å²) in [6.45, 7) is 3.61. The number of carbonyl (C=O) groups excluding carboxylic acids is 2. The van der Waals surface area contributed by atoms with Crippen molar-refractivity contribution in [1.29, 1.82) is 0 Å². The lowest BCUT2D eigenvalue weighted by molar-refractivity contribution is -0.110. The van der Waals surface area contributed by atoms with Crippen molar-refractivity contribution in [2.75, 3.05) is 31.5 Å². The Bertz CT molecular complexity index is 1200. The lowest BCUT2D eigenvalue weighted by Gasteiger charge is -2.15. The quantitative estimate of drug-likeness (QED) is 0.551. The van der Waals surface area contributed by atoms with E-state index in [0.717, 1.165) is 30.8 Å². The summed E-state index contributed by atoms with van der Waals surface area (Å²) in [4.78, 5) is 27.6. The van der Waals surface area contributed by atoms with Crippen molar-refractivity contribution in [3.05, 3.63) is 75.3 Å². The number of amides is 2. The molecule has 3 aliphatic rings. The summed E-state index contributed by atoms with van der Waals surface area (Å²) >= 11 is 12.5. The standard InChI is InChI=1S/C26H25Cl2N3O3/c27-21-8-6-16(14-20(21)25(32)29-10-13-31-11-1-2-12-31)23-9-7-17(34-23)15-19-18-4-3-5-22(28)24(18)30-26(19)33/h3-6,8-9,14-15,17H,1-2,7,10-13H2,(H,29,32)(H,30,33)/b19-15+. The molecular weight excluding hydrogens is 473 g/mol. The Morgan fingerprint density at radius 2 is 2.00 bits per heavy atom. The molecule has 0 aromatic heterocycles. The highest BCUT2D eigenvalue weighted by atomic mass is 35.5. The predicted octanol–water partition coefficient (Wildman–Crippen LogP) is 4.98. The summed E-state index contributed by atoms with van der Waals surface area (Å²) in [7, 11) is 0. The zero-order valence-electron chi connectivity index (χ0n) is 18.6. The summed E-state index contributed by atoms with van der Waals surface area (Å²) in [6.07, 6.45) is 6.55. The molecule has 1 fully saturated rings. The van der Waals surface area contributed by atoms with E-state index in [2.05, 4.69) is 15.5 Å². The van der Waals surface area contributed by atoms with Crippen LogP contribution < -0.4 is 10.6 Å². The topological polar surface area (TPSA) is 70.7 Å². The molecule has 34 heavy (non-hydrogen) atoms.